The first-order valence-electron chi connectivity index (χ1n) is 8.34. The van der Waals surface area contributed by atoms with Crippen LogP contribution in [-0.4, -0.2) is 50.0 Å². The molecule has 22 heavy (non-hydrogen) atoms. The van der Waals surface area contributed by atoms with Gasteiger partial charge in [-0.2, -0.15) is 0 Å². The van der Waals surface area contributed by atoms with Crippen molar-refractivity contribution in [2.75, 3.05) is 39.3 Å². The summed E-state index contributed by atoms with van der Waals surface area (Å²) in [6.45, 7) is 11.4. The van der Waals surface area contributed by atoms with Crippen molar-refractivity contribution in [3.63, 3.8) is 0 Å². The zero-order valence-electron chi connectivity index (χ0n) is 14.0. The minimum absolute atomic E-state index is 0.200. The molecule has 0 radical (unpaired) electrons. The largest absolute Gasteiger partial charge is 0.493 e. The van der Waals surface area contributed by atoms with Gasteiger partial charge < -0.3 is 10.1 Å². The molecule has 0 saturated carbocycles. The highest BCUT2D eigenvalue weighted by Crippen LogP contribution is 2.28. The second-order valence-electron chi connectivity index (χ2n) is 6.21. The Bertz CT molecular complexity index is 494. The van der Waals surface area contributed by atoms with E-state index < -0.39 is 0 Å². The monoisotopic (exact) mass is 304 g/mol. The normalized spacial score (nSPS) is 16.0. The highest BCUT2D eigenvalue weighted by atomic mass is 16.5. The summed E-state index contributed by atoms with van der Waals surface area (Å²) in [5.74, 6) is 1.46. The third-order valence-electron chi connectivity index (χ3n) is 3.99. The van der Waals surface area contributed by atoms with Crippen molar-refractivity contribution in [1.82, 2.24) is 10.2 Å². The molecule has 1 aliphatic rings. The van der Waals surface area contributed by atoms with Crippen LogP contribution in [0.1, 0.15) is 49.0 Å². The first-order chi connectivity index (χ1) is 10.6. The van der Waals surface area contributed by atoms with Crippen molar-refractivity contribution in [2.45, 2.75) is 33.1 Å². The Morgan fingerprint density at radius 2 is 2.05 bits per heavy atom. The second kappa shape index (κ2) is 8.30. The van der Waals surface area contributed by atoms with Gasteiger partial charge >= 0.3 is 0 Å². The number of ether oxygens (including phenoxy) is 1. The third kappa shape index (κ3) is 4.55. The van der Waals surface area contributed by atoms with Gasteiger partial charge in [0, 0.05) is 31.7 Å². The molecule has 0 bridgehead atoms. The molecule has 1 aromatic rings. The summed E-state index contributed by atoms with van der Waals surface area (Å²) in [7, 11) is 0. The number of rotatable bonds is 7. The summed E-state index contributed by atoms with van der Waals surface area (Å²) in [5.41, 5.74) is 1.92. The van der Waals surface area contributed by atoms with Gasteiger partial charge in [0.25, 0.3) is 0 Å². The highest BCUT2D eigenvalue weighted by molar-refractivity contribution is 5.98. The molecule has 0 aromatic heterocycles. The fraction of sp³-hybridized carbons (Fsp3) is 0.611. The molecule has 2 rings (SSSR count). The number of nitrogens with zero attached hydrogens (tertiary/aromatic N) is 1. The molecule has 0 aliphatic carbocycles. The first-order valence-corrected chi connectivity index (χ1v) is 8.34. The Morgan fingerprint density at radius 1 is 1.32 bits per heavy atom. The summed E-state index contributed by atoms with van der Waals surface area (Å²) in [4.78, 5) is 14.7. The number of ketones is 1. The number of carbonyl (C=O) groups is 1. The van der Waals surface area contributed by atoms with E-state index >= 15 is 0 Å². The van der Waals surface area contributed by atoms with Gasteiger partial charge in [-0.25, -0.2) is 0 Å². The molecule has 122 valence electrons. The average molecular weight is 304 g/mol. The number of nitrogens with one attached hydrogen (secondary N) is 1. The molecule has 1 heterocycles. The van der Waals surface area contributed by atoms with Crippen molar-refractivity contribution in [3.8, 4) is 5.75 Å². The fourth-order valence-corrected chi connectivity index (χ4v) is 2.68. The molecular weight excluding hydrogens is 276 g/mol. The van der Waals surface area contributed by atoms with Gasteiger partial charge in [-0.1, -0.05) is 20.8 Å². The summed E-state index contributed by atoms with van der Waals surface area (Å²) >= 11 is 0. The van der Waals surface area contributed by atoms with Gasteiger partial charge in [0.05, 0.1) is 13.2 Å². The Morgan fingerprint density at radius 3 is 2.68 bits per heavy atom. The molecule has 4 nitrogen and oxygen atoms in total. The Kier molecular flexibility index (Phi) is 6.40. The van der Waals surface area contributed by atoms with E-state index in [1.165, 1.54) is 0 Å². The number of carbonyl (C=O) groups excluding carboxylic acids is 1. The van der Waals surface area contributed by atoms with Crippen molar-refractivity contribution < 1.29 is 9.53 Å². The van der Waals surface area contributed by atoms with E-state index in [4.69, 9.17) is 4.74 Å². The van der Waals surface area contributed by atoms with Crippen LogP contribution in [0.2, 0.25) is 0 Å². The standard InChI is InChI=1S/C18H28N2O2/c1-4-11-22-18-6-5-15(12-16(18)14(2)3)17(21)13-20-9-7-19-8-10-20/h5-6,12,14,19H,4,7-11,13H2,1-3H3. The van der Waals surface area contributed by atoms with E-state index in [0.29, 0.717) is 19.1 Å². The number of piperazine rings is 1. The molecule has 4 heteroatoms. The maximum atomic E-state index is 12.5. The van der Waals surface area contributed by atoms with Crippen LogP contribution < -0.4 is 10.1 Å². The molecule has 1 saturated heterocycles. The van der Waals surface area contributed by atoms with Gasteiger partial charge in [0.15, 0.2) is 5.78 Å². The van der Waals surface area contributed by atoms with Crippen LogP contribution >= 0.6 is 0 Å². The van der Waals surface area contributed by atoms with Crippen LogP contribution in [0.5, 0.6) is 5.75 Å². The number of hydrogen-bond acceptors (Lipinski definition) is 4. The third-order valence-corrected chi connectivity index (χ3v) is 3.99. The highest BCUT2D eigenvalue weighted by Gasteiger charge is 2.17. The summed E-state index contributed by atoms with van der Waals surface area (Å²) in [6.07, 6.45) is 0.987. The fourth-order valence-electron chi connectivity index (χ4n) is 2.68. The van der Waals surface area contributed by atoms with E-state index in [1.54, 1.807) is 0 Å². The summed E-state index contributed by atoms with van der Waals surface area (Å²) in [6, 6.07) is 5.87. The SMILES string of the molecule is CCCOc1ccc(C(=O)CN2CCNCC2)cc1C(C)C. The van der Waals surface area contributed by atoms with E-state index in [-0.39, 0.29) is 5.78 Å². The number of hydrogen-bond donors (Lipinski definition) is 1. The predicted molar refractivity (Wildman–Crippen MR) is 90.0 cm³/mol. The molecule has 1 N–H and O–H groups in total. The van der Waals surface area contributed by atoms with Crippen molar-refractivity contribution in [1.29, 1.82) is 0 Å². The maximum absolute atomic E-state index is 12.5. The van der Waals surface area contributed by atoms with Gasteiger partial charge in [0.1, 0.15) is 5.75 Å². The molecule has 0 unspecified atom stereocenters. The minimum atomic E-state index is 0.200. The lowest BCUT2D eigenvalue weighted by molar-refractivity contribution is 0.0921. The number of benzene rings is 1. The molecule has 0 spiro atoms. The van der Waals surface area contributed by atoms with E-state index in [9.17, 15) is 4.79 Å². The molecule has 1 aromatic carbocycles. The van der Waals surface area contributed by atoms with Crippen LogP contribution in [0.25, 0.3) is 0 Å². The lowest BCUT2D eigenvalue weighted by Gasteiger charge is -2.26. The zero-order valence-corrected chi connectivity index (χ0v) is 14.0. The van der Waals surface area contributed by atoms with Gasteiger partial charge in [-0.15, -0.1) is 0 Å². The number of Topliss-reactive ketones (excluding diaryl/α,β-unsaturated/α-hetero) is 1. The molecule has 1 aliphatic heterocycles. The van der Waals surface area contributed by atoms with E-state index in [2.05, 4.69) is 31.0 Å². The van der Waals surface area contributed by atoms with Crippen molar-refractivity contribution >= 4 is 5.78 Å². The van der Waals surface area contributed by atoms with Crippen LogP contribution in [0, 0.1) is 0 Å². The van der Waals surface area contributed by atoms with Gasteiger partial charge in [-0.3, -0.25) is 9.69 Å². The molecular formula is C18H28N2O2. The lowest BCUT2D eigenvalue weighted by Crippen LogP contribution is -2.45. The smallest absolute Gasteiger partial charge is 0.176 e. The molecule has 0 atom stereocenters. The predicted octanol–water partition coefficient (Wildman–Crippen LogP) is 2.69. The Balaban J connectivity index is 2.09. The summed E-state index contributed by atoms with van der Waals surface area (Å²) in [5, 5.41) is 3.31. The van der Waals surface area contributed by atoms with E-state index in [1.807, 2.05) is 18.2 Å². The van der Waals surface area contributed by atoms with E-state index in [0.717, 1.165) is 49.5 Å². The maximum Gasteiger partial charge on any atom is 0.176 e. The zero-order chi connectivity index (χ0) is 15.9. The Hall–Kier alpha value is -1.39. The summed E-state index contributed by atoms with van der Waals surface area (Å²) < 4.78 is 5.80. The Labute approximate surface area is 133 Å². The quantitative estimate of drug-likeness (QED) is 0.786. The van der Waals surface area contributed by atoms with Crippen LogP contribution in [0.4, 0.5) is 0 Å². The topological polar surface area (TPSA) is 41.6 Å². The van der Waals surface area contributed by atoms with Crippen molar-refractivity contribution in [3.05, 3.63) is 29.3 Å². The van der Waals surface area contributed by atoms with Gasteiger partial charge in [0.2, 0.25) is 0 Å². The molecule has 1 fully saturated rings. The van der Waals surface area contributed by atoms with Crippen LogP contribution in [0.3, 0.4) is 0 Å². The second-order valence-corrected chi connectivity index (χ2v) is 6.21. The molecule has 0 amide bonds. The first kappa shape index (κ1) is 17.0. The van der Waals surface area contributed by atoms with Crippen LogP contribution in [0.15, 0.2) is 18.2 Å². The minimum Gasteiger partial charge on any atom is -0.493 e. The lowest BCUT2D eigenvalue weighted by atomic mass is 9.97. The van der Waals surface area contributed by atoms with Gasteiger partial charge in [-0.05, 0) is 36.1 Å². The van der Waals surface area contributed by atoms with Crippen molar-refractivity contribution in [2.24, 2.45) is 0 Å². The van der Waals surface area contributed by atoms with Crippen LogP contribution in [-0.2, 0) is 0 Å². The average Bonchev–Trinajstić information content (AvgIpc) is 2.53.